The molecule has 4 heteroatoms. The van der Waals surface area contributed by atoms with Crippen molar-refractivity contribution in [3.63, 3.8) is 0 Å². The minimum atomic E-state index is 0.261. The lowest BCUT2D eigenvalue weighted by atomic mass is 9.91. The van der Waals surface area contributed by atoms with Gasteiger partial charge in [0.05, 0.1) is 15.9 Å². The van der Waals surface area contributed by atoms with Crippen molar-refractivity contribution >= 4 is 21.7 Å². The molecule has 3 nitrogen and oxygen atoms in total. The summed E-state index contributed by atoms with van der Waals surface area (Å²) in [7, 11) is 1.92. The average molecular weight is 313 g/mol. The average Bonchev–Trinajstić information content (AvgIpc) is 2.87. The number of aromatic nitrogens is 2. The Labute approximate surface area is 117 Å². The number of aryl methyl sites for hydroxylation is 2. The van der Waals surface area contributed by atoms with Gasteiger partial charge in [-0.1, -0.05) is 20.3 Å². The Balaban J connectivity index is 2.14. The molecule has 0 radical (unpaired) electrons. The number of Topliss-reactive ketones (excluding diaryl/α,β-unsaturated/α-hetero) is 1. The topological polar surface area (TPSA) is 34.9 Å². The second-order valence-electron chi connectivity index (χ2n) is 5.34. The molecule has 1 aliphatic rings. The van der Waals surface area contributed by atoms with Crippen LogP contribution in [-0.4, -0.2) is 15.6 Å². The largest absolute Gasteiger partial charge is 0.299 e. The van der Waals surface area contributed by atoms with Crippen molar-refractivity contribution in [1.82, 2.24) is 9.78 Å². The third kappa shape index (κ3) is 2.53. The predicted octanol–water partition coefficient (Wildman–Crippen LogP) is 3.29. The Morgan fingerprint density at radius 1 is 1.50 bits per heavy atom. The third-order valence-electron chi connectivity index (χ3n) is 4.12. The van der Waals surface area contributed by atoms with Crippen LogP contribution in [-0.2, 0) is 24.7 Å². The molecule has 0 spiro atoms. The van der Waals surface area contributed by atoms with Crippen molar-refractivity contribution in [2.24, 2.45) is 18.9 Å². The van der Waals surface area contributed by atoms with Gasteiger partial charge in [0.25, 0.3) is 0 Å². The molecule has 1 saturated carbocycles. The summed E-state index contributed by atoms with van der Waals surface area (Å²) >= 11 is 3.58. The van der Waals surface area contributed by atoms with Gasteiger partial charge in [0.1, 0.15) is 5.78 Å². The summed E-state index contributed by atoms with van der Waals surface area (Å²) in [6, 6.07) is 0. The molecular weight excluding hydrogens is 292 g/mol. The second kappa shape index (κ2) is 5.55. The Kier molecular flexibility index (Phi) is 4.25. The first-order chi connectivity index (χ1) is 8.54. The molecule has 18 heavy (non-hydrogen) atoms. The number of rotatable bonds is 4. The Morgan fingerprint density at radius 2 is 2.22 bits per heavy atom. The number of hydrogen-bond donors (Lipinski definition) is 0. The van der Waals surface area contributed by atoms with Gasteiger partial charge in [-0.15, -0.1) is 0 Å². The van der Waals surface area contributed by atoms with Crippen LogP contribution in [0.2, 0.25) is 0 Å². The van der Waals surface area contributed by atoms with Gasteiger partial charge < -0.3 is 0 Å². The standard InChI is InChI=1S/C14H21BrN2O/c1-4-11-14(15)12(17(3)16-11)8-13(18)10-7-5-6-9(10)2/h9-10H,4-8H2,1-3H3. The van der Waals surface area contributed by atoms with Crippen LogP contribution in [0.25, 0.3) is 0 Å². The van der Waals surface area contributed by atoms with Crippen LogP contribution in [0, 0.1) is 11.8 Å². The molecule has 2 rings (SSSR count). The lowest BCUT2D eigenvalue weighted by Gasteiger charge is -2.14. The van der Waals surface area contributed by atoms with Crippen LogP contribution in [0.15, 0.2) is 4.47 Å². The van der Waals surface area contributed by atoms with E-state index < -0.39 is 0 Å². The lowest BCUT2D eigenvalue weighted by molar-refractivity contribution is -0.123. The maximum Gasteiger partial charge on any atom is 0.142 e. The summed E-state index contributed by atoms with van der Waals surface area (Å²) < 4.78 is 2.87. The normalized spacial score (nSPS) is 23.6. The van der Waals surface area contributed by atoms with Gasteiger partial charge in [-0.3, -0.25) is 9.48 Å². The van der Waals surface area contributed by atoms with Gasteiger partial charge in [-0.2, -0.15) is 5.10 Å². The summed E-state index contributed by atoms with van der Waals surface area (Å²) in [5.74, 6) is 1.19. The first-order valence-corrected chi connectivity index (χ1v) is 7.56. The van der Waals surface area contributed by atoms with Crippen LogP contribution in [0.3, 0.4) is 0 Å². The molecule has 0 aromatic carbocycles. The Morgan fingerprint density at radius 3 is 2.72 bits per heavy atom. The second-order valence-corrected chi connectivity index (χ2v) is 6.14. The van der Waals surface area contributed by atoms with E-state index in [2.05, 4.69) is 34.9 Å². The molecule has 0 bridgehead atoms. The maximum absolute atomic E-state index is 12.4. The van der Waals surface area contributed by atoms with E-state index in [1.165, 1.54) is 12.8 Å². The van der Waals surface area contributed by atoms with E-state index in [1.54, 1.807) is 0 Å². The first kappa shape index (κ1) is 13.8. The maximum atomic E-state index is 12.4. The van der Waals surface area contributed by atoms with Gasteiger partial charge in [0.15, 0.2) is 0 Å². The fraction of sp³-hybridized carbons (Fsp3) is 0.714. The van der Waals surface area contributed by atoms with Crippen molar-refractivity contribution < 1.29 is 4.79 Å². The number of halogens is 1. The molecule has 1 heterocycles. The highest BCUT2D eigenvalue weighted by Gasteiger charge is 2.30. The minimum Gasteiger partial charge on any atom is -0.299 e. The highest BCUT2D eigenvalue weighted by atomic mass is 79.9. The first-order valence-electron chi connectivity index (χ1n) is 6.77. The molecule has 1 aromatic heterocycles. The van der Waals surface area contributed by atoms with Crippen molar-refractivity contribution in [3.8, 4) is 0 Å². The summed E-state index contributed by atoms with van der Waals surface area (Å²) in [6.45, 7) is 4.28. The fourth-order valence-electron chi connectivity index (χ4n) is 2.93. The van der Waals surface area contributed by atoms with Crippen molar-refractivity contribution in [2.75, 3.05) is 0 Å². The number of hydrogen-bond acceptors (Lipinski definition) is 2. The van der Waals surface area contributed by atoms with Crippen LogP contribution in [0.1, 0.15) is 44.5 Å². The molecule has 0 saturated heterocycles. The molecule has 100 valence electrons. The number of nitrogens with zero attached hydrogens (tertiary/aromatic N) is 2. The van der Waals surface area contributed by atoms with E-state index in [0.717, 1.165) is 28.7 Å². The molecule has 0 amide bonds. The van der Waals surface area contributed by atoms with E-state index >= 15 is 0 Å². The highest BCUT2D eigenvalue weighted by Crippen LogP contribution is 2.33. The van der Waals surface area contributed by atoms with E-state index in [9.17, 15) is 4.79 Å². The third-order valence-corrected chi connectivity index (χ3v) is 5.04. The van der Waals surface area contributed by atoms with Gasteiger partial charge in [0.2, 0.25) is 0 Å². The van der Waals surface area contributed by atoms with E-state index in [1.807, 2.05) is 11.7 Å². The van der Waals surface area contributed by atoms with Crippen molar-refractivity contribution in [1.29, 1.82) is 0 Å². The molecule has 2 unspecified atom stereocenters. The van der Waals surface area contributed by atoms with Crippen LogP contribution in [0.5, 0.6) is 0 Å². The van der Waals surface area contributed by atoms with E-state index in [0.29, 0.717) is 18.1 Å². The zero-order chi connectivity index (χ0) is 13.3. The molecule has 2 atom stereocenters. The van der Waals surface area contributed by atoms with E-state index in [4.69, 9.17) is 0 Å². The quantitative estimate of drug-likeness (QED) is 0.855. The minimum absolute atomic E-state index is 0.261. The summed E-state index contributed by atoms with van der Waals surface area (Å²) in [6.07, 6.45) is 4.87. The van der Waals surface area contributed by atoms with Crippen LogP contribution < -0.4 is 0 Å². The summed E-state index contributed by atoms with van der Waals surface area (Å²) in [4.78, 5) is 12.4. The van der Waals surface area contributed by atoms with Crippen molar-refractivity contribution in [2.45, 2.75) is 46.0 Å². The molecule has 0 aliphatic heterocycles. The number of carbonyl (C=O) groups excluding carboxylic acids is 1. The van der Waals surface area contributed by atoms with Crippen LogP contribution in [0.4, 0.5) is 0 Å². The smallest absolute Gasteiger partial charge is 0.142 e. The molecule has 1 aliphatic carbocycles. The summed E-state index contributed by atoms with van der Waals surface area (Å²) in [5.41, 5.74) is 2.07. The fourth-order valence-corrected chi connectivity index (χ4v) is 3.69. The van der Waals surface area contributed by atoms with Gasteiger partial charge in [-0.05, 0) is 41.1 Å². The molecule has 1 fully saturated rings. The number of carbonyl (C=O) groups is 1. The Bertz CT molecular complexity index is 453. The van der Waals surface area contributed by atoms with Crippen molar-refractivity contribution in [3.05, 3.63) is 15.9 Å². The molecule has 1 aromatic rings. The zero-order valence-corrected chi connectivity index (χ0v) is 13.0. The van der Waals surface area contributed by atoms with Gasteiger partial charge >= 0.3 is 0 Å². The highest BCUT2D eigenvalue weighted by molar-refractivity contribution is 9.10. The Hall–Kier alpha value is -0.640. The predicted molar refractivity (Wildman–Crippen MR) is 75.5 cm³/mol. The zero-order valence-electron chi connectivity index (χ0n) is 11.4. The summed E-state index contributed by atoms with van der Waals surface area (Å²) in [5, 5.41) is 4.44. The van der Waals surface area contributed by atoms with Gasteiger partial charge in [0, 0.05) is 19.4 Å². The van der Waals surface area contributed by atoms with Gasteiger partial charge in [-0.25, -0.2) is 0 Å². The van der Waals surface area contributed by atoms with E-state index in [-0.39, 0.29) is 5.92 Å². The lowest BCUT2D eigenvalue weighted by Crippen LogP contribution is -2.20. The monoisotopic (exact) mass is 312 g/mol. The molecule has 0 N–H and O–H groups in total. The van der Waals surface area contributed by atoms with Crippen LogP contribution >= 0.6 is 15.9 Å². The number of ketones is 1. The molecular formula is C14H21BrN2O. The SMILES string of the molecule is CCc1nn(C)c(CC(=O)C2CCCC2C)c1Br.